The molecule has 0 saturated heterocycles. The first kappa shape index (κ1) is 12.3. The highest BCUT2D eigenvalue weighted by Gasteiger charge is 2.24. The van der Waals surface area contributed by atoms with Crippen LogP contribution >= 0.6 is 0 Å². The lowest BCUT2D eigenvalue weighted by molar-refractivity contribution is 0.183. The molecular formula is C9H17NO4S. The molecule has 1 aliphatic carbocycles. The third-order valence-electron chi connectivity index (χ3n) is 2.71. The number of sulfone groups is 1. The van der Waals surface area contributed by atoms with Gasteiger partial charge in [-0.15, -0.1) is 0 Å². The summed E-state index contributed by atoms with van der Waals surface area (Å²) < 4.78 is 22.1. The molecule has 0 bridgehead atoms. The fourth-order valence-corrected chi connectivity index (χ4v) is 3.27. The zero-order valence-corrected chi connectivity index (χ0v) is 9.59. The fourth-order valence-electron chi connectivity index (χ4n) is 2.08. The summed E-state index contributed by atoms with van der Waals surface area (Å²) in [5, 5.41) is 10.9. The molecule has 2 N–H and O–H groups in total. The second-order valence-corrected chi connectivity index (χ2v) is 6.44. The van der Waals surface area contributed by atoms with Crippen molar-refractivity contribution in [1.29, 1.82) is 0 Å². The predicted molar refractivity (Wildman–Crippen MR) is 56.6 cm³/mol. The summed E-state index contributed by atoms with van der Waals surface area (Å²) in [6.45, 7) is 0. The molecule has 5 nitrogen and oxygen atoms in total. The highest BCUT2D eigenvalue weighted by molar-refractivity contribution is 7.90. The number of nitrogens with one attached hydrogen (secondary N) is 1. The van der Waals surface area contributed by atoms with Gasteiger partial charge in [0.25, 0.3) is 0 Å². The first-order chi connectivity index (χ1) is 6.87. The Balaban J connectivity index is 2.33. The highest BCUT2D eigenvalue weighted by atomic mass is 32.2. The molecule has 1 aliphatic rings. The molecule has 0 spiro atoms. The Morgan fingerprint density at radius 3 is 2.27 bits per heavy atom. The van der Waals surface area contributed by atoms with Gasteiger partial charge in [0.1, 0.15) is 9.84 Å². The van der Waals surface area contributed by atoms with E-state index >= 15 is 0 Å². The van der Waals surface area contributed by atoms with Crippen LogP contribution in [0.4, 0.5) is 4.79 Å². The van der Waals surface area contributed by atoms with Gasteiger partial charge in [0.2, 0.25) is 0 Å². The van der Waals surface area contributed by atoms with Crippen LogP contribution < -0.4 is 5.32 Å². The molecule has 88 valence electrons. The van der Waals surface area contributed by atoms with Gasteiger partial charge in [-0.25, -0.2) is 13.2 Å². The van der Waals surface area contributed by atoms with Gasteiger partial charge in [0, 0.05) is 12.3 Å². The zero-order chi connectivity index (χ0) is 11.5. The molecule has 0 atom stereocenters. The smallest absolute Gasteiger partial charge is 0.404 e. The van der Waals surface area contributed by atoms with Crippen LogP contribution in [-0.2, 0) is 9.84 Å². The van der Waals surface area contributed by atoms with Crippen LogP contribution in [0.3, 0.4) is 0 Å². The third-order valence-corrected chi connectivity index (χ3v) is 3.79. The summed E-state index contributed by atoms with van der Waals surface area (Å²) in [4.78, 5) is 10.4. The van der Waals surface area contributed by atoms with Gasteiger partial charge >= 0.3 is 6.09 Å². The lowest BCUT2D eigenvalue weighted by Gasteiger charge is -2.27. The summed E-state index contributed by atoms with van der Waals surface area (Å²) >= 11 is 0. The number of amides is 1. The van der Waals surface area contributed by atoms with Crippen molar-refractivity contribution >= 4 is 15.9 Å². The topological polar surface area (TPSA) is 83.5 Å². The number of carboxylic acid groups (broad SMARTS) is 1. The number of hydrogen-bond donors (Lipinski definition) is 2. The van der Waals surface area contributed by atoms with Gasteiger partial charge < -0.3 is 10.4 Å². The molecule has 0 aromatic carbocycles. The number of carbonyl (C=O) groups is 1. The molecule has 0 heterocycles. The molecular weight excluding hydrogens is 218 g/mol. The van der Waals surface area contributed by atoms with Crippen molar-refractivity contribution < 1.29 is 18.3 Å². The number of hydrogen-bond acceptors (Lipinski definition) is 3. The van der Waals surface area contributed by atoms with E-state index in [0.717, 1.165) is 25.7 Å². The first-order valence-corrected chi connectivity index (χ1v) is 7.10. The van der Waals surface area contributed by atoms with Crippen molar-refractivity contribution in [3.8, 4) is 0 Å². The van der Waals surface area contributed by atoms with Crippen molar-refractivity contribution in [2.75, 3.05) is 12.0 Å². The van der Waals surface area contributed by atoms with Crippen molar-refractivity contribution in [2.24, 2.45) is 5.92 Å². The van der Waals surface area contributed by atoms with Gasteiger partial charge in [-0.05, 0) is 31.6 Å². The monoisotopic (exact) mass is 235 g/mol. The minimum absolute atomic E-state index is 0.00156. The lowest BCUT2D eigenvalue weighted by Crippen LogP contribution is -2.37. The molecule has 1 fully saturated rings. The van der Waals surface area contributed by atoms with E-state index in [9.17, 15) is 13.2 Å². The molecule has 1 rings (SSSR count). The second kappa shape index (κ2) is 4.83. The predicted octanol–water partition coefficient (Wildman–Crippen LogP) is 0.857. The standard InChI is InChI=1S/C9H17NO4S/c1-15(13,14)6-7-2-4-8(5-3-7)10-9(11)12/h7-8,10H,2-6H2,1H3,(H,11,12)/t7-,8-. The molecule has 0 unspecified atom stereocenters. The highest BCUT2D eigenvalue weighted by Crippen LogP contribution is 2.25. The summed E-state index contributed by atoms with van der Waals surface area (Å²) in [6.07, 6.45) is 3.31. The fraction of sp³-hybridized carbons (Fsp3) is 0.889. The Bertz CT molecular complexity index is 317. The summed E-state index contributed by atoms with van der Waals surface area (Å²) in [5.41, 5.74) is 0. The Morgan fingerprint density at radius 1 is 1.33 bits per heavy atom. The molecule has 0 aromatic rings. The van der Waals surface area contributed by atoms with Crippen LogP contribution in [0.15, 0.2) is 0 Å². The van der Waals surface area contributed by atoms with Crippen LogP contribution in [0.2, 0.25) is 0 Å². The summed E-state index contributed by atoms with van der Waals surface area (Å²) in [5.74, 6) is 0.430. The number of rotatable bonds is 3. The molecule has 0 aliphatic heterocycles. The van der Waals surface area contributed by atoms with E-state index in [2.05, 4.69) is 5.32 Å². The summed E-state index contributed by atoms with van der Waals surface area (Å²) in [6, 6.07) is -0.00156. The average molecular weight is 235 g/mol. The van der Waals surface area contributed by atoms with Crippen molar-refractivity contribution in [1.82, 2.24) is 5.32 Å². The maximum absolute atomic E-state index is 11.0. The molecule has 6 heteroatoms. The van der Waals surface area contributed by atoms with Gasteiger partial charge in [0.15, 0.2) is 0 Å². The molecule has 0 aromatic heterocycles. The van der Waals surface area contributed by atoms with Crippen LogP contribution in [-0.4, -0.2) is 37.7 Å². The SMILES string of the molecule is CS(=O)(=O)C[C@H]1CC[C@H](NC(=O)O)CC1. The van der Waals surface area contributed by atoms with Crippen LogP contribution in [0.5, 0.6) is 0 Å². The third kappa shape index (κ3) is 5.01. The van der Waals surface area contributed by atoms with E-state index in [-0.39, 0.29) is 17.7 Å². The average Bonchev–Trinajstić information content (AvgIpc) is 2.05. The summed E-state index contributed by atoms with van der Waals surface area (Å²) in [7, 11) is -2.90. The maximum atomic E-state index is 11.0. The van der Waals surface area contributed by atoms with Crippen molar-refractivity contribution in [2.45, 2.75) is 31.7 Å². The van der Waals surface area contributed by atoms with Gasteiger partial charge in [-0.1, -0.05) is 0 Å². The molecule has 15 heavy (non-hydrogen) atoms. The van der Waals surface area contributed by atoms with Gasteiger partial charge in [-0.3, -0.25) is 0 Å². The van der Waals surface area contributed by atoms with E-state index < -0.39 is 15.9 Å². The van der Waals surface area contributed by atoms with Crippen molar-refractivity contribution in [3.63, 3.8) is 0 Å². The lowest BCUT2D eigenvalue weighted by atomic mass is 9.87. The van der Waals surface area contributed by atoms with E-state index in [1.807, 2.05) is 0 Å². The van der Waals surface area contributed by atoms with Gasteiger partial charge in [0.05, 0.1) is 5.75 Å². The first-order valence-electron chi connectivity index (χ1n) is 5.04. The van der Waals surface area contributed by atoms with E-state index in [0.29, 0.717) is 0 Å². The zero-order valence-electron chi connectivity index (χ0n) is 8.77. The molecule has 0 radical (unpaired) electrons. The van der Waals surface area contributed by atoms with E-state index in [1.165, 1.54) is 6.26 Å². The van der Waals surface area contributed by atoms with E-state index in [1.54, 1.807) is 0 Å². The minimum atomic E-state index is -2.90. The molecule has 1 amide bonds. The maximum Gasteiger partial charge on any atom is 0.404 e. The Labute approximate surface area is 89.8 Å². The van der Waals surface area contributed by atoms with Crippen LogP contribution in [0.1, 0.15) is 25.7 Å². The van der Waals surface area contributed by atoms with E-state index in [4.69, 9.17) is 5.11 Å². The molecule has 1 saturated carbocycles. The minimum Gasteiger partial charge on any atom is -0.465 e. The Kier molecular flexibility index (Phi) is 3.96. The quantitative estimate of drug-likeness (QED) is 0.760. The van der Waals surface area contributed by atoms with Gasteiger partial charge in [-0.2, -0.15) is 0 Å². The Morgan fingerprint density at radius 2 is 1.87 bits per heavy atom. The Hall–Kier alpha value is -0.780. The van der Waals surface area contributed by atoms with Crippen LogP contribution in [0, 0.1) is 5.92 Å². The largest absolute Gasteiger partial charge is 0.465 e. The second-order valence-electron chi connectivity index (χ2n) is 4.26. The van der Waals surface area contributed by atoms with Crippen LogP contribution in [0.25, 0.3) is 0 Å². The normalized spacial score (nSPS) is 27.3. The van der Waals surface area contributed by atoms with Crippen molar-refractivity contribution in [3.05, 3.63) is 0 Å².